The number of carbonyl (C=O) groups excluding carboxylic acids is 1. The van der Waals surface area contributed by atoms with E-state index in [2.05, 4.69) is 52.5 Å². The lowest BCUT2D eigenvalue weighted by Gasteiger charge is -2.34. The number of benzene rings is 1. The number of hydrogen-bond donors (Lipinski definition) is 2. The number of fused-ring (bicyclic) bond motifs is 1. The van der Waals surface area contributed by atoms with E-state index in [0.29, 0.717) is 18.4 Å². The van der Waals surface area contributed by atoms with Gasteiger partial charge in [0.2, 0.25) is 5.91 Å². The van der Waals surface area contributed by atoms with Crippen LogP contribution in [0.2, 0.25) is 0 Å². The summed E-state index contributed by atoms with van der Waals surface area (Å²) < 4.78 is 0. The summed E-state index contributed by atoms with van der Waals surface area (Å²) in [5.41, 5.74) is 6.09. The van der Waals surface area contributed by atoms with Crippen molar-refractivity contribution in [2.24, 2.45) is 5.92 Å². The van der Waals surface area contributed by atoms with Gasteiger partial charge in [-0.3, -0.25) is 14.8 Å². The Labute approximate surface area is 142 Å². The van der Waals surface area contributed by atoms with Gasteiger partial charge in [-0.15, -0.1) is 0 Å². The maximum absolute atomic E-state index is 11.6. The van der Waals surface area contributed by atoms with Gasteiger partial charge in [0.15, 0.2) is 0 Å². The Morgan fingerprint density at radius 2 is 2.21 bits per heavy atom. The summed E-state index contributed by atoms with van der Waals surface area (Å²) in [6, 6.07) is 6.84. The minimum atomic E-state index is 0.214. The second-order valence-corrected chi connectivity index (χ2v) is 7.25. The van der Waals surface area contributed by atoms with Gasteiger partial charge in [-0.1, -0.05) is 17.7 Å². The van der Waals surface area contributed by atoms with Crippen LogP contribution < -0.4 is 5.32 Å². The molecule has 2 aromatic rings. The van der Waals surface area contributed by atoms with Crippen molar-refractivity contribution < 1.29 is 4.79 Å². The van der Waals surface area contributed by atoms with E-state index in [1.807, 2.05) is 6.20 Å². The van der Waals surface area contributed by atoms with Crippen LogP contribution in [0.3, 0.4) is 0 Å². The van der Waals surface area contributed by atoms with Crippen molar-refractivity contribution in [2.45, 2.75) is 39.3 Å². The summed E-state index contributed by atoms with van der Waals surface area (Å²) in [4.78, 5) is 14.0. The van der Waals surface area contributed by atoms with Crippen molar-refractivity contribution in [3.05, 3.63) is 41.1 Å². The number of piperidine rings is 1. The number of aromatic amines is 1. The maximum atomic E-state index is 11.6. The molecule has 0 unspecified atom stereocenters. The van der Waals surface area contributed by atoms with Gasteiger partial charge < -0.3 is 5.32 Å². The van der Waals surface area contributed by atoms with E-state index >= 15 is 0 Å². The van der Waals surface area contributed by atoms with Gasteiger partial charge in [0.05, 0.1) is 11.9 Å². The maximum Gasteiger partial charge on any atom is 0.220 e. The number of likely N-dealkylation sites (tertiary alicyclic amines) is 1. The van der Waals surface area contributed by atoms with Gasteiger partial charge in [0.1, 0.15) is 0 Å². The molecule has 5 nitrogen and oxygen atoms in total. The number of rotatable bonds is 3. The molecule has 1 amide bonds. The normalized spacial score (nSPS) is 24.0. The Balaban J connectivity index is 1.53. The lowest BCUT2D eigenvalue weighted by Crippen LogP contribution is -2.46. The molecule has 3 heterocycles. The SMILES string of the molecule is Cc1ccc(C)c(-c2[nH]ncc2CN2CC[C@@H]3CC(=O)N[C@@H]3C2)c1. The molecule has 2 fully saturated rings. The van der Waals surface area contributed by atoms with Crippen molar-refractivity contribution in [1.29, 1.82) is 0 Å². The predicted molar refractivity (Wildman–Crippen MR) is 93.4 cm³/mol. The van der Waals surface area contributed by atoms with Crippen molar-refractivity contribution in [3.63, 3.8) is 0 Å². The second kappa shape index (κ2) is 6.06. The number of carbonyl (C=O) groups is 1. The summed E-state index contributed by atoms with van der Waals surface area (Å²) in [6.45, 7) is 7.12. The van der Waals surface area contributed by atoms with Crippen LogP contribution in [0.4, 0.5) is 0 Å². The highest BCUT2D eigenvalue weighted by Crippen LogP contribution is 2.30. The van der Waals surface area contributed by atoms with E-state index in [-0.39, 0.29) is 5.91 Å². The van der Waals surface area contributed by atoms with Crippen LogP contribution >= 0.6 is 0 Å². The predicted octanol–water partition coefficient (Wildman–Crippen LogP) is 2.40. The Kier molecular flexibility index (Phi) is 3.88. The number of amides is 1. The smallest absolute Gasteiger partial charge is 0.220 e. The molecule has 2 aliphatic heterocycles. The van der Waals surface area contributed by atoms with E-state index in [9.17, 15) is 4.79 Å². The molecule has 0 saturated carbocycles. The fraction of sp³-hybridized carbons (Fsp3) is 0.474. The molecule has 5 heteroatoms. The minimum Gasteiger partial charge on any atom is -0.352 e. The highest BCUT2D eigenvalue weighted by Gasteiger charge is 2.36. The van der Waals surface area contributed by atoms with Crippen LogP contribution in [0.25, 0.3) is 11.3 Å². The molecule has 126 valence electrons. The molecule has 2 N–H and O–H groups in total. The minimum absolute atomic E-state index is 0.214. The Bertz CT molecular complexity index is 766. The fourth-order valence-electron chi connectivity index (χ4n) is 4.03. The number of aryl methyl sites for hydroxylation is 2. The number of nitrogens with one attached hydrogen (secondary N) is 2. The lowest BCUT2D eigenvalue weighted by molar-refractivity contribution is -0.119. The van der Waals surface area contributed by atoms with Gasteiger partial charge in [0.25, 0.3) is 0 Å². The van der Waals surface area contributed by atoms with Crippen molar-refractivity contribution in [3.8, 4) is 11.3 Å². The summed E-state index contributed by atoms with van der Waals surface area (Å²) in [5, 5.41) is 10.6. The summed E-state index contributed by atoms with van der Waals surface area (Å²) in [6.07, 6.45) is 3.74. The molecule has 1 aromatic carbocycles. The molecular formula is C19H24N4O. The molecule has 4 rings (SSSR count). The topological polar surface area (TPSA) is 61.0 Å². The molecule has 0 bridgehead atoms. The lowest BCUT2D eigenvalue weighted by atomic mass is 9.92. The fourth-order valence-corrected chi connectivity index (χ4v) is 4.03. The first-order chi connectivity index (χ1) is 11.6. The summed E-state index contributed by atoms with van der Waals surface area (Å²) in [5.74, 6) is 0.739. The van der Waals surface area contributed by atoms with Crippen LogP contribution in [-0.4, -0.2) is 40.1 Å². The third-order valence-electron chi connectivity index (χ3n) is 5.41. The molecule has 2 atom stereocenters. The van der Waals surface area contributed by atoms with Crippen LogP contribution in [0.15, 0.2) is 24.4 Å². The van der Waals surface area contributed by atoms with Crippen LogP contribution in [0.5, 0.6) is 0 Å². The number of hydrogen-bond acceptors (Lipinski definition) is 3. The largest absolute Gasteiger partial charge is 0.352 e. The average molecular weight is 324 g/mol. The van der Waals surface area contributed by atoms with Crippen molar-refractivity contribution in [2.75, 3.05) is 13.1 Å². The Hall–Kier alpha value is -2.14. The molecule has 24 heavy (non-hydrogen) atoms. The second-order valence-electron chi connectivity index (χ2n) is 7.25. The van der Waals surface area contributed by atoms with Crippen LogP contribution in [0.1, 0.15) is 29.5 Å². The number of H-pyrrole nitrogens is 1. The van der Waals surface area contributed by atoms with Gasteiger partial charge in [-0.25, -0.2) is 0 Å². The highest BCUT2D eigenvalue weighted by atomic mass is 16.2. The van der Waals surface area contributed by atoms with Crippen molar-refractivity contribution in [1.82, 2.24) is 20.4 Å². The van der Waals surface area contributed by atoms with E-state index in [4.69, 9.17) is 0 Å². The third-order valence-corrected chi connectivity index (χ3v) is 5.41. The zero-order chi connectivity index (χ0) is 16.7. The van der Waals surface area contributed by atoms with Gasteiger partial charge in [-0.05, 0) is 44.4 Å². The monoisotopic (exact) mass is 324 g/mol. The first-order valence-corrected chi connectivity index (χ1v) is 8.72. The first kappa shape index (κ1) is 15.4. The van der Waals surface area contributed by atoms with Crippen LogP contribution in [-0.2, 0) is 11.3 Å². The van der Waals surface area contributed by atoms with Crippen LogP contribution in [0, 0.1) is 19.8 Å². The quantitative estimate of drug-likeness (QED) is 0.911. The van der Waals surface area contributed by atoms with E-state index in [1.54, 1.807) is 0 Å². The molecule has 1 aromatic heterocycles. The van der Waals surface area contributed by atoms with Gasteiger partial charge in [-0.2, -0.15) is 5.10 Å². The summed E-state index contributed by atoms with van der Waals surface area (Å²) >= 11 is 0. The highest BCUT2D eigenvalue weighted by molar-refractivity contribution is 5.79. The zero-order valence-electron chi connectivity index (χ0n) is 14.3. The first-order valence-electron chi connectivity index (χ1n) is 8.72. The van der Waals surface area contributed by atoms with Gasteiger partial charge in [0, 0.05) is 36.7 Å². The Morgan fingerprint density at radius 3 is 3.08 bits per heavy atom. The van der Waals surface area contributed by atoms with Gasteiger partial charge >= 0.3 is 0 Å². The molecule has 2 saturated heterocycles. The molecule has 0 spiro atoms. The zero-order valence-corrected chi connectivity index (χ0v) is 14.3. The average Bonchev–Trinajstić information content (AvgIpc) is 3.15. The standard InChI is InChI=1S/C19H24N4O/c1-12-3-4-13(2)16(7-12)19-15(9-20-22-19)10-23-6-5-14-8-18(24)21-17(14)11-23/h3-4,7,9,14,17H,5-6,8,10-11H2,1-2H3,(H,20,22)(H,21,24)/t14-,17-/m1/s1. The van der Waals surface area contributed by atoms with E-state index < -0.39 is 0 Å². The molecule has 2 aliphatic rings. The van der Waals surface area contributed by atoms with E-state index in [0.717, 1.165) is 31.7 Å². The molecule has 0 radical (unpaired) electrons. The number of nitrogens with zero attached hydrogens (tertiary/aromatic N) is 2. The Morgan fingerprint density at radius 1 is 1.33 bits per heavy atom. The number of aromatic nitrogens is 2. The third kappa shape index (κ3) is 2.84. The molecular weight excluding hydrogens is 300 g/mol. The molecule has 0 aliphatic carbocycles. The van der Waals surface area contributed by atoms with Crippen molar-refractivity contribution >= 4 is 5.91 Å². The van der Waals surface area contributed by atoms with E-state index in [1.165, 1.54) is 22.3 Å². The summed E-state index contributed by atoms with van der Waals surface area (Å²) in [7, 11) is 0.